The molecule has 102 valence electrons. The van der Waals surface area contributed by atoms with Crippen LogP contribution in [0.1, 0.15) is 19.3 Å². The van der Waals surface area contributed by atoms with Gasteiger partial charge in [0.25, 0.3) is 0 Å². The molecule has 0 aromatic carbocycles. The topological polar surface area (TPSA) is 90.7 Å². The molecule has 0 bridgehead atoms. The van der Waals surface area contributed by atoms with Gasteiger partial charge in [-0.25, -0.2) is 0 Å². The number of hydrogen-bond acceptors (Lipinski definition) is 5. The predicted octanol–water partition coefficient (Wildman–Crippen LogP) is -0.251. The van der Waals surface area contributed by atoms with Crippen LogP contribution in [-0.2, 0) is 19.1 Å². The summed E-state index contributed by atoms with van der Waals surface area (Å²) in [6.45, 7) is 1.14. The van der Waals surface area contributed by atoms with Crippen LogP contribution in [-0.4, -0.2) is 43.7 Å². The third-order valence-electron chi connectivity index (χ3n) is 3.10. The summed E-state index contributed by atoms with van der Waals surface area (Å²) in [7, 11) is 1.30. The van der Waals surface area contributed by atoms with Gasteiger partial charge in [0.1, 0.15) is 5.41 Å². The zero-order chi connectivity index (χ0) is 13.6. The normalized spacial score (nSPS) is 17.8. The lowest BCUT2D eigenvalue weighted by molar-refractivity contribution is -0.140. The zero-order valence-electron chi connectivity index (χ0n) is 10.4. The van der Waals surface area contributed by atoms with Crippen molar-refractivity contribution in [2.75, 3.05) is 26.9 Å². The lowest BCUT2D eigenvalue weighted by Gasteiger charge is -2.34. The van der Waals surface area contributed by atoms with Gasteiger partial charge in [0.05, 0.1) is 18.5 Å². The van der Waals surface area contributed by atoms with Crippen LogP contribution in [0.25, 0.3) is 0 Å². The number of methoxy groups -OCH3 is 1. The van der Waals surface area contributed by atoms with Gasteiger partial charge in [-0.15, -0.1) is 0 Å². The molecule has 18 heavy (non-hydrogen) atoms. The number of carbonyl (C=O) groups excluding carboxylic acids is 2. The third kappa shape index (κ3) is 3.39. The van der Waals surface area contributed by atoms with Crippen LogP contribution in [0.4, 0.5) is 0 Å². The second-order valence-electron chi connectivity index (χ2n) is 4.14. The largest absolute Gasteiger partial charge is 0.469 e. The number of hydrogen-bond donors (Lipinski definition) is 2. The van der Waals surface area contributed by atoms with Crippen molar-refractivity contribution >= 4 is 29.1 Å². The summed E-state index contributed by atoms with van der Waals surface area (Å²) in [6, 6.07) is 0. The van der Waals surface area contributed by atoms with Crippen molar-refractivity contribution < 1.29 is 19.1 Å². The van der Waals surface area contributed by atoms with Gasteiger partial charge in [0.15, 0.2) is 0 Å². The first-order chi connectivity index (χ1) is 8.53. The van der Waals surface area contributed by atoms with Gasteiger partial charge in [-0.2, -0.15) is 0 Å². The lowest BCUT2D eigenvalue weighted by Crippen LogP contribution is -2.52. The van der Waals surface area contributed by atoms with E-state index >= 15 is 0 Å². The van der Waals surface area contributed by atoms with E-state index in [1.165, 1.54) is 7.11 Å². The summed E-state index contributed by atoms with van der Waals surface area (Å²) in [6.07, 6.45) is 1.09. The van der Waals surface area contributed by atoms with Crippen molar-refractivity contribution in [1.82, 2.24) is 5.32 Å². The van der Waals surface area contributed by atoms with Gasteiger partial charge in [0.2, 0.25) is 5.91 Å². The van der Waals surface area contributed by atoms with E-state index in [-0.39, 0.29) is 29.8 Å². The summed E-state index contributed by atoms with van der Waals surface area (Å²) >= 11 is 5.00. The molecular formula is C11H18N2O4S. The molecule has 0 unspecified atom stereocenters. The fourth-order valence-corrected chi connectivity index (χ4v) is 2.15. The average molecular weight is 274 g/mol. The maximum absolute atomic E-state index is 12.1. The van der Waals surface area contributed by atoms with E-state index in [2.05, 4.69) is 10.1 Å². The van der Waals surface area contributed by atoms with Crippen molar-refractivity contribution in [2.24, 2.45) is 11.1 Å². The van der Waals surface area contributed by atoms with Crippen LogP contribution in [0.2, 0.25) is 0 Å². The highest BCUT2D eigenvalue weighted by molar-refractivity contribution is 7.80. The molecule has 1 fully saturated rings. The number of carbonyl (C=O) groups is 2. The minimum absolute atomic E-state index is 0.131. The number of esters is 1. The number of nitrogens with two attached hydrogens (primary N) is 1. The highest BCUT2D eigenvalue weighted by Crippen LogP contribution is 2.31. The zero-order valence-corrected chi connectivity index (χ0v) is 11.2. The highest BCUT2D eigenvalue weighted by Gasteiger charge is 2.42. The van der Waals surface area contributed by atoms with E-state index in [0.717, 1.165) is 0 Å². The average Bonchev–Trinajstić information content (AvgIpc) is 2.38. The quantitative estimate of drug-likeness (QED) is 0.530. The van der Waals surface area contributed by atoms with E-state index in [1.54, 1.807) is 0 Å². The Kier molecular flexibility index (Phi) is 5.49. The number of thiocarbonyl (C=S) groups is 1. The Hall–Kier alpha value is -1.21. The van der Waals surface area contributed by atoms with Gasteiger partial charge >= 0.3 is 5.97 Å². The van der Waals surface area contributed by atoms with Crippen LogP contribution in [0.5, 0.6) is 0 Å². The van der Waals surface area contributed by atoms with E-state index in [1.807, 2.05) is 0 Å². The number of rotatable bonds is 5. The second kappa shape index (κ2) is 6.65. The molecule has 0 saturated carbocycles. The third-order valence-corrected chi connectivity index (χ3v) is 3.49. The summed E-state index contributed by atoms with van der Waals surface area (Å²) in [5.41, 5.74) is 4.84. The molecule has 1 saturated heterocycles. The standard InChI is InChI=1S/C11H18N2O4S/c1-16-8(14)2-5-13-10(15)11(9(12)18)3-6-17-7-4-11/h2-7H2,1H3,(H2,12,18)(H,13,15). The van der Waals surface area contributed by atoms with Gasteiger partial charge in [-0.1, -0.05) is 12.2 Å². The Morgan fingerprint density at radius 1 is 1.44 bits per heavy atom. The number of nitrogens with one attached hydrogen (secondary N) is 1. The van der Waals surface area contributed by atoms with Crippen LogP contribution in [0.3, 0.4) is 0 Å². The maximum Gasteiger partial charge on any atom is 0.307 e. The van der Waals surface area contributed by atoms with Crippen molar-refractivity contribution in [3.05, 3.63) is 0 Å². The summed E-state index contributed by atoms with van der Waals surface area (Å²) in [4.78, 5) is 23.3. The molecule has 0 aliphatic carbocycles. The molecule has 3 N–H and O–H groups in total. The van der Waals surface area contributed by atoms with Crippen molar-refractivity contribution in [3.8, 4) is 0 Å². The molecule has 1 aliphatic rings. The van der Waals surface area contributed by atoms with E-state index < -0.39 is 5.41 Å². The minimum atomic E-state index is -0.844. The Morgan fingerprint density at radius 2 is 2.06 bits per heavy atom. The monoisotopic (exact) mass is 274 g/mol. The van der Waals surface area contributed by atoms with Gasteiger partial charge in [-0.3, -0.25) is 9.59 Å². The fraction of sp³-hybridized carbons (Fsp3) is 0.727. The summed E-state index contributed by atoms with van der Waals surface area (Å²) in [5, 5.41) is 2.68. The van der Waals surface area contributed by atoms with E-state index in [4.69, 9.17) is 22.7 Å². The van der Waals surface area contributed by atoms with Gasteiger partial charge in [-0.05, 0) is 12.8 Å². The van der Waals surface area contributed by atoms with Gasteiger partial charge in [0, 0.05) is 19.8 Å². The maximum atomic E-state index is 12.1. The van der Waals surface area contributed by atoms with Crippen LogP contribution in [0, 0.1) is 5.41 Å². The van der Waals surface area contributed by atoms with Crippen LogP contribution < -0.4 is 11.1 Å². The molecule has 1 heterocycles. The smallest absolute Gasteiger partial charge is 0.307 e. The molecular weight excluding hydrogens is 256 g/mol. The number of amides is 1. The molecule has 1 rings (SSSR count). The molecule has 7 heteroatoms. The molecule has 0 aromatic heterocycles. The molecule has 0 radical (unpaired) electrons. The fourth-order valence-electron chi connectivity index (χ4n) is 1.85. The van der Waals surface area contributed by atoms with Crippen molar-refractivity contribution in [3.63, 3.8) is 0 Å². The van der Waals surface area contributed by atoms with Gasteiger partial charge < -0.3 is 20.5 Å². The molecule has 1 aliphatic heterocycles. The minimum Gasteiger partial charge on any atom is -0.469 e. The predicted molar refractivity (Wildman–Crippen MR) is 68.9 cm³/mol. The molecule has 0 spiro atoms. The SMILES string of the molecule is COC(=O)CCNC(=O)C1(C(N)=S)CCOCC1. The molecule has 1 amide bonds. The first-order valence-corrected chi connectivity index (χ1v) is 6.16. The van der Waals surface area contributed by atoms with Crippen LogP contribution in [0.15, 0.2) is 0 Å². The van der Waals surface area contributed by atoms with Crippen molar-refractivity contribution in [1.29, 1.82) is 0 Å². The van der Waals surface area contributed by atoms with Crippen molar-refractivity contribution in [2.45, 2.75) is 19.3 Å². The summed E-state index contributed by atoms with van der Waals surface area (Å²) < 4.78 is 9.71. The van der Waals surface area contributed by atoms with E-state index in [0.29, 0.717) is 26.1 Å². The Balaban J connectivity index is 2.55. The summed E-state index contributed by atoms with van der Waals surface area (Å²) in [5.74, 6) is -0.603. The van der Waals surface area contributed by atoms with Crippen LogP contribution >= 0.6 is 12.2 Å². The Morgan fingerprint density at radius 3 is 2.56 bits per heavy atom. The highest BCUT2D eigenvalue weighted by atomic mass is 32.1. The number of ether oxygens (including phenoxy) is 2. The lowest BCUT2D eigenvalue weighted by atomic mass is 9.79. The Bertz CT molecular complexity index is 340. The van der Waals surface area contributed by atoms with E-state index in [9.17, 15) is 9.59 Å². The second-order valence-corrected chi connectivity index (χ2v) is 4.58. The first kappa shape index (κ1) is 14.8. The first-order valence-electron chi connectivity index (χ1n) is 5.75. The molecule has 0 aromatic rings. The Labute approximate surface area is 111 Å². The molecule has 6 nitrogen and oxygen atoms in total. The molecule has 0 atom stereocenters.